The predicted molar refractivity (Wildman–Crippen MR) is 146 cm³/mol. The molecule has 1 N–H and O–H groups in total. The predicted octanol–water partition coefficient (Wildman–Crippen LogP) is 4.73. The summed E-state index contributed by atoms with van der Waals surface area (Å²) in [5.41, 5.74) is 0.336. The second-order valence-corrected chi connectivity index (χ2v) is 11.3. The maximum atomic E-state index is 13.3. The quantitative estimate of drug-likeness (QED) is 0.344. The van der Waals surface area contributed by atoms with E-state index in [2.05, 4.69) is 5.32 Å². The van der Waals surface area contributed by atoms with E-state index in [1.54, 1.807) is 13.8 Å². The van der Waals surface area contributed by atoms with E-state index in [9.17, 15) is 18.0 Å². The van der Waals surface area contributed by atoms with Gasteiger partial charge in [0.25, 0.3) is 0 Å². The van der Waals surface area contributed by atoms with Crippen molar-refractivity contribution in [1.29, 1.82) is 0 Å². The smallest absolute Gasteiger partial charge is 0.327 e. The first-order valence-electron chi connectivity index (χ1n) is 12.5. The van der Waals surface area contributed by atoms with Crippen LogP contribution in [0.1, 0.15) is 44.7 Å². The Morgan fingerprint density at radius 2 is 1.64 bits per heavy atom. The molecule has 0 aromatic heterocycles. The van der Waals surface area contributed by atoms with Crippen LogP contribution in [0.5, 0.6) is 17.2 Å². The summed E-state index contributed by atoms with van der Waals surface area (Å²) < 4.78 is 49.4. The number of piperidine rings is 1. The molecule has 2 aromatic rings. The molecule has 0 spiro atoms. The molecule has 1 atom stereocenters. The number of carbonyl (C=O) groups excluding carboxylic acids is 2. The number of sulfonamides is 1. The number of rotatable bonds is 12. The van der Waals surface area contributed by atoms with Crippen LogP contribution in [0.4, 0.5) is 0 Å². The second kappa shape index (κ2) is 14.2. The minimum Gasteiger partial charge on any atom is -0.495 e. The molecule has 1 saturated heterocycles. The van der Waals surface area contributed by atoms with Gasteiger partial charge in [0.05, 0.1) is 36.9 Å². The number of carbonyl (C=O) groups is 2. The third-order valence-electron chi connectivity index (χ3n) is 5.92. The summed E-state index contributed by atoms with van der Waals surface area (Å²) in [6.45, 7) is 4.27. The Morgan fingerprint density at radius 1 is 1.00 bits per heavy atom. The number of esters is 2. The Kier molecular flexibility index (Phi) is 11.3. The van der Waals surface area contributed by atoms with Crippen molar-refractivity contribution >= 4 is 45.2 Å². The highest BCUT2D eigenvalue weighted by molar-refractivity contribution is 7.89. The standard InChI is InChI=1S/C26H32Cl2N2O8S/c1-4-36-23(31)16-29-24(26(32)37-5-2)17-13-19(27)25(20(28)14-17)38-18-9-10-21(35-3)22(15-18)39(33,34)30-11-7-6-8-12-30/h9-10,13-15,24,29H,4-8,11-12,16H2,1-3H3. The molecule has 0 radical (unpaired) electrons. The molecule has 39 heavy (non-hydrogen) atoms. The minimum atomic E-state index is -3.83. The van der Waals surface area contributed by atoms with E-state index in [0.29, 0.717) is 18.7 Å². The van der Waals surface area contributed by atoms with Crippen LogP contribution in [0, 0.1) is 0 Å². The van der Waals surface area contributed by atoms with Gasteiger partial charge in [-0.3, -0.25) is 10.1 Å². The summed E-state index contributed by atoms with van der Waals surface area (Å²) in [6, 6.07) is 6.26. The van der Waals surface area contributed by atoms with Gasteiger partial charge in [-0.25, -0.2) is 13.2 Å². The summed E-state index contributed by atoms with van der Waals surface area (Å²) in [5.74, 6) is -0.763. The molecule has 1 heterocycles. The number of benzene rings is 2. The van der Waals surface area contributed by atoms with Crippen molar-refractivity contribution in [2.45, 2.75) is 44.0 Å². The van der Waals surface area contributed by atoms with Crippen LogP contribution < -0.4 is 14.8 Å². The lowest BCUT2D eigenvalue weighted by molar-refractivity contribution is -0.146. The van der Waals surface area contributed by atoms with Crippen molar-refractivity contribution in [2.75, 3.05) is 40.0 Å². The van der Waals surface area contributed by atoms with Gasteiger partial charge in [-0.1, -0.05) is 29.6 Å². The summed E-state index contributed by atoms with van der Waals surface area (Å²) >= 11 is 13.0. The second-order valence-electron chi connectivity index (χ2n) is 8.56. The Morgan fingerprint density at radius 3 is 2.23 bits per heavy atom. The zero-order chi connectivity index (χ0) is 28.6. The summed E-state index contributed by atoms with van der Waals surface area (Å²) in [6.07, 6.45) is 2.56. The van der Waals surface area contributed by atoms with Crippen LogP contribution in [0.3, 0.4) is 0 Å². The number of nitrogens with zero attached hydrogens (tertiary/aromatic N) is 1. The molecule has 0 amide bonds. The highest BCUT2D eigenvalue weighted by Gasteiger charge is 2.30. The molecule has 1 aliphatic rings. The highest BCUT2D eigenvalue weighted by atomic mass is 35.5. The lowest BCUT2D eigenvalue weighted by Gasteiger charge is -2.26. The van der Waals surface area contributed by atoms with Gasteiger partial charge in [0.2, 0.25) is 10.0 Å². The third kappa shape index (κ3) is 7.76. The molecule has 1 aliphatic heterocycles. The van der Waals surface area contributed by atoms with Crippen LogP contribution >= 0.6 is 23.2 Å². The van der Waals surface area contributed by atoms with Crippen molar-refractivity contribution in [3.63, 3.8) is 0 Å². The van der Waals surface area contributed by atoms with E-state index in [0.717, 1.165) is 19.3 Å². The summed E-state index contributed by atoms with van der Waals surface area (Å²) in [7, 11) is -2.43. The Labute approximate surface area is 238 Å². The number of hydrogen-bond acceptors (Lipinski definition) is 9. The molecule has 2 aromatic carbocycles. The summed E-state index contributed by atoms with van der Waals surface area (Å²) in [4.78, 5) is 24.4. The van der Waals surface area contributed by atoms with E-state index in [4.69, 9.17) is 42.1 Å². The summed E-state index contributed by atoms with van der Waals surface area (Å²) in [5, 5.41) is 2.92. The van der Waals surface area contributed by atoms with Crippen molar-refractivity contribution in [2.24, 2.45) is 0 Å². The average Bonchev–Trinajstić information content (AvgIpc) is 2.91. The zero-order valence-electron chi connectivity index (χ0n) is 22.0. The van der Waals surface area contributed by atoms with Crippen LogP contribution in [-0.2, 0) is 29.1 Å². The number of halogens is 2. The fraction of sp³-hybridized carbons (Fsp3) is 0.462. The molecule has 1 fully saturated rings. The number of hydrogen-bond donors (Lipinski definition) is 1. The molecule has 214 valence electrons. The molecule has 0 bridgehead atoms. The number of nitrogens with one attached hydrogen (secondary N) is 1. The van der Waals surface area contributed by atoms with E-state index in [1.165, 1.54) is 41.7 Å². The molecule has 1 unspecified atom stereocenters. The van der Waals surface area contributed by atoms with E-state index >= 15 is 0 Å². The highest BCUT2D eigenvalue weighted by Crippen LogP contribution is 2.40. The normalized spacial score (nSPS) is 14.9. The number of ether oxygens (including phenoxy) is 4. The SMILES string of the molecule is CCOC(=O)CNC(C(=O)OCC)c1cc(Cl)c(Oc2ccc(OC)c(S(=O)(=O)N3CCCCC3)c2)c(Cl)c1. The van der Waals surface area contributed by atoms with Crippen molar-refractivity contribution in [1.82, 2.24) is 9.62 Å². The van der Waals surface area contributed by atoms with Gasteiger partial charge >= 0.3 is 11.9 Å². The lowest BCUT2D eigenvalue weighted by atomic mass is 10.1. The van der Waals surface area contributed by atoms with E-state index in [1.807, 2.05) is 0 Å². The van der Waals surface area contributed by atoms with Gasteiger partial charge < -0.3 is 18.9 Å². The van der Waals surface area contributed by atoms with E-state index < -0.39 is 28.0 Å². The van der Waals surface area contributed by atoms with Crippen LogP contribution in [-0.4, -0.2) is 64.6 Å². The fourth-order valence-electron chi connectivity index (χ4n) is 4.09. The first-order valence-corrected chi connectivity index (χ1v) is 14.7. The van der Waals surface area contributed by atoms with Crippen LogP contribution in [0.15, 0.2) is 35.2 Å². The third-order valence-corrected chi connectivity index (χ3v) is 8.40. The van der Waals surface area contributed by atoms with Crippen LogP contribution in [0.25, 0.3) is 0 Å². The first-order chi connectivity index (χ1) is 18.6. The molecule has 13 heteroatoms. The average molecular weight is 604 g/mol. The lowest BCUT2D eigenvalue weighted by Crippen LogP contribution is -2.35. The Bertz CT molecular complexity index is 1260. The van der Waals surface area contributed by atoms with Gasteiger partial charge in [-0.05, 0) is 56.5 Å². The van der Waals surface area contributed by atoms with Crippen molar-refractivity contribution in [3.8, 4) is 17.2 Å². The monoisotopic (exact) mass is 602 g/mol. The van der Waals surface area contributed by atoms with Crippen LogP contribution in [0.2, 0.25) is 10.0 Å². The van der Waals surface area contributed by atoms with Gasteiger partial charge in [-0.2, -0.15) is 4.31 Å². The Hall–Kier alpha value is -2.57. The van der Waals surface area contributed by atoms with Gasteiger partial charge in [0.15, 0.2) is 5.75 Å². The largest absolute Gasteiger partial charge is 0.495 e. The first kappa shape index (κ1) is 31.0. The molecule has 0 saturated carbocycles. The topological polar surface area (TPSA) is 120 Å². The minimum absolute atomic E-state index is 0.0289. The van der Waals surface area contributed by atoms with Gasteiger partial charge in [0.1, 0.15) is 22.4 Å². The van der Waals surface area contributed by atoms with Gasteiger partial charge in [0, 0.05) is 19.2 Å². The van der Waals surface area contributed by atoms with Crippen molar-refractivity contribution in [3.05, 3.63) is 45.9 Å². The molecule has 3 rings (SSSR count). The molecular weight excluding hydrogens is 571 g/mol. The zero-order valence-corrected chi connectivity index (χ0v) is 24.3. The van der Waals surface area contributed by atoms with Gasteiger partial charge in [-0.15, -0.1) is 0 Å². The maximum Gasteiger partial charge on any atom is 0.327 e. The molecule has 10 nitrogen and oxygen atoms in total. The maximum absolute atomic E-state index is 13.3. The van der Waals surface area contributed by atoms with Crippen molar-refractivity contribution < 1.29 is 37.0 Å². The Balaban J connectivity index is 1.91. The number of methoxy groups -OCH3 is 1. The molecular formula is C26H32Cl2N2O8S. The van der Waals surface area contributed by atoms with E-state index in [-0.39, 0.29) is 51.9 Å². The fourth-order valence-corrected chi connectivity index (χ4v) is 6.36. The molecule has 0 aliphatic carbocycles.